The Balaban J connectivity index is 1.52. The Labute approximate surface area is 191 Å². The van der Waals surface area contributed by atoms with Crippen molar-refractivity contribution in [3.8, 4) is 28.6 Å². The van der Waals surface area contributed by atoms with Gasteiger partial charge in [-0.25, -0.2) is 9.97 Å². The van der Waals surface area contributed by atoms with Crippen molar-refractivity contribution in [3.05, 3.63) is 85.5 Å². The zero-order valence-electron chi connectivity index (χ0n) is 18.3. The first-order valence-corrected chi connectivity index (χ1v) is 10.8. The van der Waals surface area contributed by atoms with E-state index in [1.165, 1.54) is 11.6 Å². The van der Waals surface area contributed by atoms with Crippen molar-refractivity contribution in [1.82, 2.24) is 19.3 Å². The predicted octanol–water partition coefficient (Wildman–Crippen LogP) is 4.70. The molecule has 5 rings (SSSR count). The maximum atomic E-state index is 12.1. The number of amides is 1. The maximum Gasteiger partial charge on any atom is 0.245 e. The molecule has 0 aliphatic carbocycles. The number of nitrogens with zero attached hydrogens (tertiary/aromatic N) is 4. The molecule has 7 heteroatoms. The number of carbonyl (C=O) groups excluding carboxylic acids is 1. The van der Waals surface area contributed by atoms with E-state index in [1.807, 2.05) is 47.6 Å². The zero-order valence-corrected chi connectivity index (χ0v) is 18.3. The lowest BCUT2D eigenvalue weighted by Crippen LogP contribution is -2.26. The van der Waals surface area contributed by atoms with Crippen LogP contribution in [-0.2, 0) is 4.79 Å². The van der Waals surface area contributed by atoms with Crippen molar-refractivity contribution in [1.29, 1.82) is 0 Å². The maximum absolute atomic E-state index is 12.1. The zero-order chi connectivity index (χ0) is 22.8. The molecule has 1 aliphatic heterocycles. The molecule has 1 fully saturated rings. The number of hydrogen-bond donors (Lipinski definition) is 0. The first-order chi connectivity index (χ1) is 16.2. The van der Waals surface area contributed by atoms with Crippen LogP contribution in [0.5, 0.6) is 17.4 Å². The molecule has 0 bridgehead atoms. The second kappa shape index (κ2) is 8.78. The minimum Gasteiger partial charge on any atom is -0.496 e. The van der Waals surface area contributed by atoms with Gasteiger partial charge in [-0.15, -0.1) is 0 Å². The first kappa shape index (κ1) is 20.8. The van der Waals surface area contributed by atoms with E-state index in [-0.39, 0.29) is 11.8 Å². The number of methoxy groups -OCH3 is 1. The number of aromatic nitrogens is 3. The van der Waals surface area contributed by atoms with Gasteiger partial charge in [-0.05, 0) is 48.4 Å². The Morgan fingerprint density at radius 3 is 2.88 bits per heavy atom. The third-order valence-electron chi connectivity index (χ3n) is 6.03. The SMILES string of the molecule is C=CC(=O)N1CCC(c2cc(-c3ccc(Oc4ccccn4)cc3OC)n3cnccc23)C1. The molecule has 3 aromatic heterocycles. The highest BCUT2D eigenvalue weighted by Gasteiger charge is 2.29. The monoisotopic (exact) mass is 440 g/mol. The summed E-state index contributed by atoms with van der Waals surface area (Å²) in [5.74, 6) is 2.08. The minimum absolute atomic E-state index is 0.0203. The lowest BCUT2D eigenvalue weighted by Gasteiger charge is -2.13. The molecule has 0 spiro atoms. The van der Waals surface area contributed by atoms with E-state index in [0.29, 0.717) is 23.9 Å². The standard InChI is InChI=1S/C26H24N4O3/c1-3-26(31)29-13-10-18(16-29)21-15-23(30-17-27-12-9-22(21)30)20-8-7-19(14-24(20)32-2)33-25-6-4-5-11-28-25/h3-9,11-12,14-15,17-18H,1,10,13,16H2,2H3. The summed E-state index contributed by atoms with van der Waals surface area (Å²) in [5, 5.41) is 0. The summed E-state index contributed by atoms with van der Waals surface area (Å²) in [4.78, 5) is 22.5. The minimum atomic E-state index is -0.0203. The van der Waals surface area contributed by atoms with Gasteiger partial charge in [0.2, 0.25) is 11.8 Å². The van der Waals surface area contributed by atoms with E-state index in [9.17, 15) is 4.79 Å². The van der Waals surface area contributed by atoms with Crippen LogP contribution >= 0.6 is 0 Å². The number of ether oxygens (including phenoxy) is 2. The molecule has 1 atom stereocenters. The highest BCUT2D eigenvalue weighted by molar-refractivity contribution is 5.87. The lowest BCUT2D eigenvalue weighted by atomic mass is 9.98. The van der Waals surface area contributed by atoms with Crippen molar-refractivity contribution in [2.24, 2.45) is 0 Å². The molecule has 1 aromatic carbocycles. The van der Waals surface area contributed by atoms with Gasteiger partial charge in [-0.2, -0.15) is 0 Å². The third-order valence-corrected chi connectivity index (χ3v) is 6.03. The molecule has 166 valence electrons. The third kappa shape index (κ3) is 3.93. The number of likely N-dealkylation sites (tertiary alicyclic amines) is 1. The van der Waals surface area contributed by atoms with E-state index >= 15 is 0 Å². The molecule has 0 saturated carbocycles. The summed E-state index contributed by atoms with van der Waals surface area (Å²) in [5.41, 5.74) is 4.18. The van der Waals surface area contributed by atoms with E-state index < -0.39 is 0 Å². The van der Waals surface area contributed by atoms with E-state index in [0.717, 1.165) is 29.7 Å². The van der Waals surface area contributed by atoms with Crippen LogP contribution in [0.4, 0.5) is 0 Å². The van der Waals surface area contributed by atoms with Crippen LogP contribution < -0.4 is 9.47 Å². The van der Waals surface area contributed by atoms with E-state index in [1.54, 1.807) is 25.6 Å². The average molecular weight is 441 g/mol. The van der Waals surface area contributed by atoms with E-state index in [4.69, 9.17) is 9.47 Å². The van der Waals surface area contributed by atoms with Crippen LogP contribution in [0, 0.1) is 0 Å². The van der Waals surface area contributed by atoms with Crippen molar-refractivity contribution in [2.75, 3.05) is 20.2 Å². The summed E-state index contributed by atoms with van der Waals surface area (Å²) in [7, 11) is 1.65. The molecule has 4 heterocycles. The van der Waals surface area contributed by atoms with Crippen LogP contribution in [0.3, 0.4) is 0 Å². The molecule has 0 radical (unpaired) electrons. The van der Waals surface area contributed by atoms with Gasteiger partial charge in [0, 0.05) is 49.1 Å². The molecule has 1 amide bonds. The number of hydrogen-bond acceptors (Lipinski definition) is 5. The molecule has 0 N–H and O–H groups in total. The molecule has 33 heavy (non-hydrogen) atoms. The summed E-state index contributed by atoms with van der Waals surface area (Å²) in [6.45, 7) is 5.03. The molecule has 7 nitrogen and oxygen atoms in total. The Morgan fingerprint density at radius 2 is 2.09 bits per heavy atom. The predicted molar refractivity (Wildman–Crippen MR) is 126 cm³/mol. The summed E-state index contributed by atoms with van der Waals surface area (Å²) in [6.07, 6.45) is 7.60. The lowest BCUT2D eigenvalue weighted by molar-refractivity contribution is -0.125. The number of fused-ring (bicyclic) bond motifs is 1. The Morgan fingerprint density at radius 1 is 1.18 bits per heavy atom. The van der Waals surface area contributed by atoms with Crippen molar-refractivity contribution in [3.63, 3.8) is 0 Å². The van der Waals surface area contributed by atoms with Gasteiger partial charge < -0.3 is 14.4 Å². The van der Waals surface area contributed by atoms with Gasteiger partial charge in [-0.1, -0.05) is 12.6 Å². The first-order valence-electron chi connectivity index (χ1n) is 10.8. The molecule has 1 saturated heterocycles. The second-order valence-electron chi connectivity index (χ2n) is 7.93. The molecule has 1 aliphatic rings. The highest BCUT2D eigenvalue weighted by Crippen LogP contribution is 2.39. The van der Waals surface area contributed by atoms with Gasteiger partial charge in [0.15, 0.2) is 0 Å². The fourth-order valence-corrected chi connectivity index (χ4v) is 4.43. The molecule has 1 unspecified atom stereocenters. The number of pyridine rings is 1. The fourth-order valence-electron chi connectivity index (χ4n) is 4.43. The van der Waals surface area contributed by atoms with Crippen LogP contribution in [0.2, 0.25) is 0 Å². The van der Waals surface area contributed by atoms with Gasteiger partial charge in [0.05, 0.1) is 24.6 Å². The van der Waals surface area contributed by atoms with Crippen molar-refractivity contribution in [2.45, 2.75) is 12.3 Å². The number of benzene rings is 1. The molecular weight excluding hydrogens is 416 g/mol. The summed E-state index contributed by atoms with van der Waals surface area (Å²) < 4.78 is 13.7. The Bertz CT molecular complexity index is 1320. The fraction of sp³-hybridized carbons (Fsp3) is 0.192. The van der Waals surface area contributed by atoms with Gasteiger partial charge in [-0.3, -0.25) is 9.20 Å². The van der Waals surface area contributed by atoms with Crippen LogP contribution in [-0.4, -0.2) is 45.4 Å². The van der Waals surface area contributed by atoms with E-state index in [2.05, 4.69) is 27.0 Å². The van der Waals surface area contributed by atoms with Gasteiger partial charge >= 0.3 is 0 Å². The van der Waals surface area contributed by atoms with Crippen molar-refractivity contribution < 1.29 is 14.3 Å². The summed E-state index contributed by atoms with van der Waals surface area (Å²) >= 11 is 0. The Hall–Kier alpha value is -4.13. The van der Waals surface area contributed by atoms with Crippen LogP contribution in [0.1, 0.15) is 17.9 Å². The topological polar surface area (TPSA) is 69.0 Å². The Kier molecular flexibility index (Phi) is 5.52. The van der Waals surface area contributed by atoms with Crippen LogP contribution in [0.15, 0.2) is 79.9 Å². The highest BCUT2D eigenvalue weighted by atomic mass is 16.5. The largest absolute Gasteiger partial charge is 0.496 e. The van der Waals surface area contributed by atoms with Crippen LogP contribution in [0.25, 0.3) is 16.8 Å². The quantitative estimate of drug-likeness (QED) is 0.407. The molecular formula is C26H24N4O3. The second-order valence-corrected chi connectivity index (χ2v) is 7.93. The van der Waals surface area contributed by atoms with Crippen molar-refractivity contribution >= 4 is 11.4 Å². The van der Waals surface area contributed by atoms with Gasteiger partial charge in [0.25, 0.3) is 0 Å². The van der Waals surface area contributed by atoms with Gasteiger partial charge in [0.1, 0.15) is 11.5 Å². The average Bonchev–Trinajstić information content (AvgIpc) is 3.49. The number of carbonyl (C=O) groups is 1. The summed E-state index contributed by atoms with van der Waals surface area (Å²) in [6, 6.07) is 15.5. The normalized spacial score (nSPS) is 15.5. The smallest absolute Gasteiger partial charge is 0.245 e. The number of rotatable bonds is 6. The molecule has 4 aromatic rings.